The lowest BCUT2D eigenvalue weighted by Crippen LogP contribution is -2.33. The molecule has 1 aromatic carbocycles. The third kappa shape index (κ3) is 6.43. The molecule has 1 fully saturated rings. The Balaban J connectivity index is 1.63. The summed E-state index contributed by atoms with van der Waals surface area (Å²) < 4.78 is 0. The molecule has 1 aliphatic rings. The maximum absolute atomic E-state index is 12.4. The lowest BCUT2D eigenvalue weighted by Gasteiger charge is -2.14. The first-order chi connectivity index (χ1) is 12.5. The number of carbonyl (C=O) groups excluding carboxylic acids is 1. The predicted octanol–water partition coefficient (Wildman–Crippen LogP) is 5.34. The van der Waals surface area contributed by atoms with Gasteiger partial charge in [0.2, 0.25) is 5.91 Å². The summed E-state index contributed by atoms with van der Waals surface area (Å²) in [6.45, 7) is 4.31. The highest BCUT2D eigenvalue weighted by molar-refractivity contribution is 5.83. The summed E-state index contributed by atoms with van der Waals surface area (Å²) in [6, 6.07) is 6.81. The van der Waals surface area contributed by atoms with E-state index in [9.17, 15) is 14.9 Å². The molecule has 1 aromatic rings. The quantitative estimate of drug-likeness (QED) is 0.310. The minimum absolute atomic E-state index is 0.0212. The number of unbranched alkanes of at least 4 members (excludes halogenated alkanes) is 6. The highest BCUT2D eigenvalue weighted by atomic mass is 16.6. The lowest BCUT2D eigenvalue weighted by molar-refractivity contribution is -0.384. The molecule has 1 saturated carbocycles. The first-order valence-electron chi connectivity index (χ1n) is 10.1. The van der Waals surface area contributed by atoms with Crippen LogP contribution in [0.5, 0.6) is 0 Å². The van der Waals surface area contributed by atoms with E-state index in [0.29, 0.717) is 0 Å². The molecule has 5 nitrogen and oxygen atoms in total. The van der Waals surface area contributed by atoms with Crippen molar-refractivity contribution in [3.8, 4) is 0 Å². The van der Waals surface area contributed by atoms with E-state index in [4.69, 9.17) is 0 Å². The Bertz CT molecular complexity index is 585. The number of rotatable bonds is 12. The molecule has 0 saturated heterocycles. The second-order valence-electron chi connectivity index (χ2n) is 7.62. The van der Waals surface area contributed by atoms with Crippen LogP contribution in [0.4, 0.5) is 5.69 Å². The Morgan fingerprint density at radius 3 is 2.38 bits per heavy atom. The smallest absolute Gasteiger partial charge is 0.269 e. The summed E-state index contributed by atoms with van der Waals surface area (Å²) in [7, 11) is 0. The zero-order valence-corrected chi connectivity index (χ0v) is 16.1. The van der Waals surface area contributed by atoms with Gasteiger partial charge in [-0.3, -0.25) is 14.9 Å². The van der Waals surface area contributed by atoms with Crippen molar-refractivity contribution in [2.24, 2.45) is 5.92 Å². The number of nitrogens with zero attached hydrogens (tertiary/aromatic N) is 1. The molecule has 0 heterocycles. The summed E-state index contributed by atoms with van der Waals surface area (Å²) in [5.41, 5.74) is 1.12. The molecular weight excluding hydrogens is 328 g/mol. The number of amides is 1. The number of hydrogen-bond acceptors (Lipinski definition) is 3. The summed E-state index contributed by atoms with van der Waals surface area (Å²) in [5, 5.41) is 13.8. The van der Waals surface area contributed by atoms with Crippen LogP contribution in [0.1, 0.15) is 83.1 Å². The van der Waals surface area contributed by atoms with Gasteiger partial charge in [0, 0.05) is 24.1 Å². The first-order valence-corrected chi connectivity index (χ1v) is 10.1. The van der Waals surface area contributed by atoms with Gasteiger partial charge in [0.25, 0.3) is 5.69 Å². The Morgan fingerprint density at radius 2 is 1.77 bits per heavy atom. The van der Waals surface area contributed by atoms with Crippen LogP contribution in [0.3, 0.4) is 0 Å². The van der Waals surface area contributed by atoms with Crippen LogP contribution < -0.4 is 5.32 Å². The molecule has 5 heteroatoms. The van der Waals surface area contributed by atoms with Gasteiger partial charge in [-0.15, -0.1) is 0 Å². The topological polar surface area (TPSA) is 72.2 Å². The van der Waals surface area contributed by atoms with Crippen molar-refractivity contribution in [1.82, 2.24) is 5.32 Å². The van der Waals surface area contributed by atoms with Gasteiger partial charge in [-0.1, -0.05) is 64.0 Å². The monoisotopic (exact) mass is 360 g/mol. The molecule has 0 radical (unpaired) electrons. The first kappa shape index (κ1) is 20.4. The molecule has 0 bridgehead atoms. The number of nitro groups is 1. The van der Waals surface area contributed by atoms with Crippen LogP contribution >= 0.6 is 0 Å². The van der Waals surface area contributed by atoms with E-state index in [0.717, 1.165) is 18.4 Å². The van der Waals surface area contributed by atoms with Gasteiger partial charge < -0.3 is 5.32 Å². The van der Waals surface area contributed by atoms with Crippen LogP contribution in [-0.4, -0.2) is 16.9 Å². The van der Waals surface area contributed by atoms with Gasteiger partial charge in [0.05, 0.1) is 4.92 Å². The van der Waals surface area contributed by atoms with Crippen LogP contribution in [0, 0.1) is 16.0 Å². The predicted molar refractivity (Wildman–Crippen MR) is 104 cm³/mol. The van der Waals surface area contributed by atoms with Crippen LogP contribution in [-0.2, 0) is 4.79 Å². The normalized spacial score (nSPS) is 19.8. The average Bonchev–Trinajstić information content (AvgIpc) is 3.42. The second kappa shape index (κ2) is 10.3. The highest BCUT2D eigenvalue weighted by Gasteiger charge is 2.44. The molecule has 26 heavy (non-hydrogen) atoms. The Morgan fingerprint density at radius 1 is 1.15 bits per heavy atom. The van der Waals surface area contributed by atoms with E-state index >= 15 is 0 Å². The van der Waals surface area contributed by atoms with Gasteiger partial charge in [0.15, 0.2) is 0 Å². The van der Waals surface area contributed by atoms with Crippen LogP contribution in [0.2, 0.25) is 0 Å². The summed E-state index contributed by atoms with van der Waals surface area (Å²) in [4.78, 5) is 22.7. The van der Waals surface area contributed by atoms with Crippen molar-refractivity contribution in [3.05, 3.63) is 39.9 Å². The van der Waals surface area contributed by atoms with Gasteiger partial charge >= 0.3 is 0 Å². The van der Waals surface area contributed by atoms with Gasteiger partial charge in [0.1, 0.15) is 0 Å². The molecule has 1 N–H and O–H groups in total. The van der Waals surface area contributed by atoms with E-state index in [2.05, 4.69) is 19.2 Å². The molecule has 3 unspecified atom stereocenters. The van der Waals surface area contributed by atoms with Crippen molar-refractivity contribution in [3.63, 3.8) is 0 Å². The fourth-order valence-corrected chi connectivity index (χ4v) is 3.53. The zero-order valence-electron chi connectivity index (χ0n) is 16.1. The molecule has 1 aliphatic carbocycles. The van der Waals surface area contributed by atoms with Crippen molar-refractivity contribution in [2.45, 2.75) is 83.6 Å². The molecule has 3 atom stereocenters. The number of carbonyl (C=O) groups is 1. The summed E-state index contributed by atoms with van der Waals surface area (Å²) in [5.74, 6) is 0.360. The molecular formula is C21H32N2O3. The number of nitro benzene ring substituents is 1. The van der Waals surface area contributed by atoms with Crippen molar-refractivity contribution in [2.75, 3.05) is 0 Å². The summed E-state index contributed by atoms with van der Waals surface area (Å²) >= 11 is 0. The summed E-state index contributed by atoms with van der Waals surface area (Å²) in [6.07, 6.45) is 10.9. The third-order valence-electron chi connectivity index (χ3n) is 5.29. The highest BCUT2D eigenvalue weighted by Crippen LogP contribution is 2.47. The van der Waals surface area contributed by atoms with Gasteiger partial charge in [-0.2, -0.15) is 0 Å². The minimum Gasteiger partial charge on any atom is -0.353 e. The maximum atomic E-state index is 12.4. The zero-order chi connectivity index (χ0) is 18.9. The van der Waals surface area contributed by atoms with Gasteiger partial charge in [-0.25, -0.2) is 0 Å². The second-order valence-corrected chi connectivity index (χ2v) is 7.62. The molecule has 0 spiro atoms. The Labute approximate surface area is 156 Å². The van der Waals surface area contributed by atoms with Gasteiger partial charge in [-0.05, 0) is 31.2 Å². The number of non-ortho nitro benzene ring substituents is 1. The third-order valence-corrected chi connectivity index (χ3v) is 5.29. The SMILES string of the molecule is CCCCCCCCCC(C)NC(=O)C1CC1c1ccc([N+](=O)[O-])cc1. The van der Waals surface area contributed by atoms with E-state index in [-0.39, 0.29) is 29.5 Å². The van der Waals surface area contributed by atoms with E-state index in [1.54, 1.807) is 12.1 Å². The lowest BCUT2D eigenvalue weighted by atomic mass is 10.1. The van der Waals surface area contributed by atoms with Crippen molar-refractivity contribution >= 4 is 11.6 Å². The number of benzene rings is 1. The number of hydrogen-bond donors (Lipinski definition) is 1. The van der Waals surface area contributed by atoms with E-state index in [1.807, 2.05) is 0 Å². The average molecular weight is 360 g/mol. The number of nitrogens with one attached hydrogen (secondary N) is 1. The van der Waals surface area contributed by atoms with E-state index in [1.165, 1.54) is 57.1 Å². The Kier molecular flexibility index (Phi) is 8.07. The maximum Gasteiger partial charge on any atom is 0.269 e. The van der Waals surface area contributed by atoms with Crippen LogP contribution in [0.15, 0.2) is 24.3 Å². The van der Waals surface area contributed by atoms with Crippen LogP contribution in [0.25, 0.3) is 0 Å². The van der Waals surface area contributed by atoms with Crippen molar-refractivity contribution in [1.29, 1.82) is 0 Å². The molecule has 2 rings (SSSR count). The minimum atomic E-state index is -0.396. The standard InChI is InChI=1S/C21H32N2O3/c1-3-4-5-6-7-8-9-10-16(2)22-21(24)20-15-19(20)17-11-13-18(14-12-17)23(25)26/h11-14,16,19-20H,3-10,15H2,1-2H3,(H,22,24). The fourth-order valence-electron chi connectivity index (χ4n) is 3.53. The van der Waals surface area contributed by atoms with Crippen molar-refractivity contribution < 1.29 is 9.72 Å². The molecule has 0 aromatic heterocycles. The molecule has 1 amide bonds. The largest absolute Gasteiger partial charge is 0.353 e. The Hall–Kier alpha value is -1.91. The fraction of sp³-hybridized carbons (Fsp3) is 0.667. The van der Waals surface area contributed by atoms with E-state index < -0.39 is 4.92 Å². The molecule has 144 valence electrons. The molecule has 0 aliphatic heterocycles.